The molecule has 2 rings (SSSR count). The number of nitrogens with zero attached hydrogens (tertiary/aromatic N) is 3. The topological polar surface area (TPSA) is 124 Å². The van der Waals surface area contributed by atoms with E-state index < -0.39 is 16.8 Å². The molecule has 1 aromatic carbocycles. The second-order valence-electron chi connectivity index (χ2n) is 6.12. The maximum atomic E-state index is 12.4. The molecule has 0 aliphatic heterocycles. The predicted molar refractivity (Wildman–Crippen MR) is 95.6 cm³/mol. The van der Waals surface area contributed by atoms with Crippen LogP contribution < -0.4 is 5.32 Å². The van der Waals surface area contributed by atoms with E-state index in [1.54, 1.807) is 0 Å². The van der Waals surface area contributed by atoms with E-state index in [4.69, 9.17) is 0 Å². The third-order valence-corrected chi connectivity index (χ3v) is 5.12. The molecule has 0 spiro atoms. The van der Waals surface area contributed by atoms with Gasteiger partial charge in [-0.3, -0.25) is 20.2 Å². The molecule has 1 amide bonds. The van der Waals surface area contributed by atoms with Gasteiger partial charge < -0.3 is 4.74 Å². The first kappa shape index (κ1) is 19.4. The van der Waals surface area contributed by atoms with Crippen LogP contribution in [0.1, 0.15) is 52.9 Å². The Hall–Kier alpha value is -2.88. The predicted octanol–water partition coefficient (Wildman–Crippen LogP) is 3.17. The third kappa shape index (κ3) is 4.20. The average molecular weight is 378 g/mol. The summed E-state index contributed by atoms with van der Waals surface area (Å²) >= 11 is 1.23. The molecular weight excluding hydrogens is 360 g/mol. The number of esters is 1. The SMILES string of the molecule is CCC(C)(C)c1nnc(NC(=O)c2cc(C(=O)OC)cc([N+](=O)[O-])c2)s1. The number of carbonyl (C=O) groups excluding carboxylic acids is 2. The molecular formula is C16H18N4O5S. The molecule has 26 heavy (non-hydrogen) atoms. The van der Waals surface area contributed by atoms with Crippen molar-refractivity contribution in [1.29, 1.82) is 0 Å². The number of nitro benzene ring substituents is 1. The van der Waals surface area contributed by atoms with Crippen LogP contribution in [0.2, 0.25) is 0 Å². The van der Waals surface area contributed by atoms with Crippen LogP contribution in [0.4, 0.5) is 10.8 Å². The van der Waals surface area contributed by atoms with Gasteiger partial charge >= 0.3 is 5.97 Å². The lowest BCUT2D eigenvalue weighted by molar-refractivity contribution is -0.384. The number of ether oxygens (including phenoxy) is 1. The van der Waals surface area contributed by atoms with Gasteiger partial charge in [0.1, 0.15) is 5.01 Å². The summed E-state index contributed by atoms with van der Waals surface area (Å²) in [4.78, 5) is 34.5. The number of hydrogen-bond donors (Lipinski definition) is 1. The van der Waals surface area contributed by atoms with Crippen LogP contribution in [-0.4, -0.2) is 34.1 Å². The lowest BCUT2D eigenvalue weighted by atomic mass is 9.91. The number of aromatic nitrogens is 2. The van der Waals surface area contributed by atoms with E-state index in [2.05, 4.69) is 20.3 Å². The molecule has 1 heterocycles. The van der Waals surface area contributed by atoms with Crippen LogP contribution in [-0.2, 0) is 10.2 Å². The molecule has 0 radical (unpaired) electrons. The third-order valence-electron chi connectivity index (χ3n) is 3.92. The van der Waals surface area contributed by atoms with Gasteiger partial charge in [-0.05, 0) is 12.5 Å². The van der Waals surface area contributed by atoms with E-state index in [1.165, 1.54) is 17.4 Å². The molecule has 0 fully saturated rings. The van der Waals surface area contributed by atoms with Crippen molar-refractivity contribution in [2.75, 3.05) is 12.4 Å². The summed E-state index contributed by atoms with van der Waals surface area (Å²) in [6.45, 7) is 6.06. The minimum absolute atomic E-state index is 0.0499. The fraction of sp³-hybridized carbons (Fsp3) is 0.375. The van der Waals surface area contributed by atoms with Crippen molar-refractivity contribution in [3.63, 3.8) is 0 Å². The highest BCUT2D eigenvalue weighted by atomic mass is 32.1. The van der Waals surface area contributed by atoms with Crippen LogP contribution >= 0.6 is 11.3 Å². The van der Waals surface area contributed by atoms with E-state index >= 15 is 0 Å². The minimum atomic E-state index is -0.773. The first-order valence-corrected chi connectivity index (χ1v) is 8.52. The highest BCUT2D eigenvalue weighted by Crippen LogP contribution is 2.31. The maximum absolute atomic E-state index is 12.4. The number of hydrogen-bond acceptors (Lipinski definition) is 8. The Morgan fingerprint density at radius 3 is 2.50 bits per heavy atom. The van der Waals surface area contributed by atoms with Crippen LogP contribution in [0.15, 0.2) is 18.2 Å². The van der Waals surface area contributed by atoms with Gasteiger partial charge in [-0.25, -0.2) is 4.79 Å². The molecule has 0 bridgehead atoms. The highest BCUT2D eigenvalue weighted by molar-refractivity contribution is 7.15. The van der Waals surface area contributed by atoms with Crippen LogP contribution in [0.5, 0.6) is 0 Å². The molecule has 2 aromatic rings. The largest absolute Gasteiger partial charge is 0.465 e. The molecule has 9 nitrogen and oxygen atoms in total. The van der Waals surface area contributed by atoms with E-state index in [0.29, 0.717) is 0 Å². The monoisotopic (exact) mass is 378 g/mol. The van der Waals surface area contributed by atoms with Crippen molar-refractivity contribution in [2.24, 2.45) is 0 Å². The van der Waals surface area contributed by atoms with E-state index in [0.717, 1.165) is 30.7 Å². The van der Waals surface area contributed by atoms with Gasteiger partial charge in [0, 0.05) is 23.1 Å². The van der Waals surface area contributed by atoms with Gasteiger partial charge in [-0.15, -0.1) is 10.2 Å². The Morgan fingerprint density at radius 1 is 1.27 bits per heavy atom. The summed E-state index contributed by atoms with van der Waals surface area (Å²) < 4.78 is 4.56. The number of nitrogens with one attached hydrogen (secondary N) is 1. The summed E-state index contributed by atoms with van der Waals surface area (Å²) in [5.41, 5.74) is -0.698. The molecule has 0 aliphatic carbocycles. The Morgan fingerprint density at radius 2 is 1.92 bits per heavy atom. The maximum Gasteiger partial charge on any atom is 0.338 e. The summed E-state index contributed by atoms with van der Waals surface area (Å²) in [6, 6.07) is 3.36. The Kier molecular flexibility index (Phi) is 5.66. The molecule has 1 N–H and O–H groups in total. The van der Waals surface area contributed by atoms with Crippen molar-refractivity contribution in [2.45, 2.75) is 32.6 Å². The molecule has 0 atom stereocenters. The van der Waals surface area contributed by atoms with Crippen LogP contribution in [0.25, 0.3) is 0 Å². The lowest BCUT2D eigenvalue weighted by Gasteiger charge is -2.17. The van der Waals surface area contributed by atoms with Crippen molar-refractivity contribution in [3.8, 4) is 0 Å². The van der Waals surface area contributed by atoms with Gasteiger partial charge in [0.15, 0.2) is 0 Å². The number of methoxy groups -OCH3 is 1. The van der Waals surface area contributed by atoms with Crippen molar-refractivity contribution >= 4 is 34.0 Å². The second-order valence-corrected chi connectivity index (χ2v) is 7.10. The van der Waals surface area contributed by atoms with Crippen LogP contribution in [0.3, 0.4) is 0 Å². The molecule has 1 aromatic heterocycles. The fourth-order valence-electron chi connectivity index (χ4n) is 1.95. The quantitative estimate of drug-likeness (QED) is 0.465. The highest BCUT2D eigenvalue weighted by Gasteiger charge is 2.24. The van der Waals surface area contributed by atoms with Gasteiger partial charge in [0.2, 0.25) is 5.13 Å². The van der Waals surface area contributed by atoms with Crippen molar-refractivity contribution in [1.82, 2.24) is 10.2 Å². The van der Waals surface area contributed by atoms with E-state index in [-0.39, 0.29) is 27.4 Å². The zero-order valence-electron chi connectivity index (χ0n) is 14.7. The summed E-state index contributed by atoms with van der Waals surface area (Å²) in [7, 11) is 1.15. The average Bonchev–Trinajstić information content (AvgIpc) is 3.09. The zero-order chi connectivity index (χ0) is 19.5. The lowest BCUT2D eigenvalue weighted by Crippen LogP contribution is -2.14. The first-order valence-electron chi connectivity index (χ1n) is 7.71. The number of non-ortho nitro benzene ring substituents is 1. The summed E-state index contributed by atoms with van der Waals surface area (Å²) in [6.07, 6.45) is 0.850. The smallest absolute Gasteiger partial charge is 0.338 e. The molecule has 0 unspecified atom stereocenters. The van der Waals surface area contributed by atoms with Crippen LogP contribution in [0, 0.1) is 10.1 Å². The number of rotatable bonds is 6. The number of amides is 1. The molecule has 0 saturated heterocycles. The molecule has 0 saturated carbocycles. The Bertz CT molecular complexity index is 862. The van der Waals surface area contributed by atoms with Gasteiger partial charge in [0.25, 0.3) is 11.6 Å². The fourth-order valence-corrected chi connectivity index (χ4v) is 2.86. The van der Waals surface area contributed by atoms with E-state index in [9.17, 15) is 19.7 Å². The minimum Gasteiger partial charge on any atom is -0.465 e. The summed E-state index contributed by atoms with van der Waals surface area (Å²) in [5.74, 6) is -1.40. The molecule has 0 aliphatic rings. The van der Waals surface area contributed by atoms with E-state index in [1.807, 2.05) is 20.8 Å². The standard InChI is InChI=1S/C16H18N4O5S/c1-5-16(2,3)14-18-19-15(26-14)17-12(21)9-6-10(13(22)25-4)8-11(7-9)20(23)24/h6-8H,5H2,1-4H3,(H,17,19,21). The number of carbonyl (C=O) groups is 2. The zero-order valence-corrected chi connectivity index (χ0v) is 15.5. The molecule has 138 valence electrons. The first-order chi connectivity index (χ1) is 12.2. The van der Waals surface area contributed by atoms with Gasteiger partial charge in [0.05, 0.1) is 17.6 Å². The second kappa shape index (κ2) is 7.56. The Labute approximate surface area is 153 Å². The van der Waals surface area contributed by atoms with Gasteiger partial charge in [-0.2, -0.15) is 0 Å². The number of benzene rings is 1. The van der Waals surface area contributed by atoms with Crippen molar-refractivity contribution in [3.05, 3.63) is 44.4 Å². The van der Waals surface area contributed by atoms with Crippen molar-refractivity contribution < 1.29 is 19.2 Å². The van der Waals surface area contributed by atoms with Gasteiger partial charge in [-0.1, -0.05) is 32.1 Å². The normalized spacial score (nSPS) is 11.1. The Balaban J connectivity index is 2.30. The number of anilines is 1. The molecule has 10 heteroatoms. The summed E-state index contributed by atoms with van der Waals surface area (Å²) in [5, 5.41) is 22.7. The number of nitro groups is 1.